The van der Waals surface area contributed by atoms with Crippen molar-refractivity contribution in [3.8, 4) is 5.75 Å². The van der Waals surface area contributed by atoms with Gasteiger partial charge in [-0.25, -0.2) is 9.82 Å². The number of carbonyl (C=O) groups is 1. The number of carbonyl (C=O) groups excluding carboxylic acids is 1. The number of aryl methyl sites for hydroxylation is 1. The van der Waals surface area contributed by atoms with Gasteiger partial charge < -0.3 is 9.30 Å². The van der Waals surface area contributed by atoms with Crippen molar-refractivity contribution in [3.05, 3.63) is 53.1 Å². The second-order valence-corrected chi connectivity index (χ2v) is 6.24. The molecule has 0 saturated carbocycles. The maximum atomic E-state index is 12.9. The summed E-state index contributed by atoms with van der Waals surface area (Å²) in [4.78, 5) is 12.0. The summed E-state index contributed by atoms with van der Waals surface area (Å²) in [6, 6.07) is 7.90. The first kappa shape index (κ1) is 18.7. The molecule has 0 bridgehead atoms. The van der Waals surface area contributed by atoms with Crippen LogP contribution < -0.4 is 10.2 Å². The van der Waals surface area contributed by atoms with E-state index in [1.807, 2.05) is 19.9 Å². The molecule has 0 saturated heterocycles. The maximum Gasteiger partial charge on any atom is 0.280 e. The van der Waals surface area contributed by atoms with Gasteiger partial charge in [0.15, 0.2) is 6.10 Å². The van der Waals surface area contributed by atoms with Crippen LogP contribution in [0.4, 0.5) is 4.39 Å². The average Bonchev–Trinajstić information content (AvgIpc) is 2.83. The number of nitrogens with one attached hydrogen (secondary N) is 1. The van der Waals surface area contributed by atoms with E-state index in [1.165, 1.54) is 24.3 Å². The lowest BCUT2D eigenvalue weighted by molar-refractivity contribution is -0.127. The zero-order valence-corrected chi connectivity index (χ0v) is 15.2. The maximum absolute atomic E-state index is 12.9. The molecule has 1 aromatic carbocycles. The first-order valence-electron chi connectivity index (χ1n) is 8.23. The summed E-state index contributed by atoms with van der Waals surface area (Å²) < 4.78 is 20.5. The van der Waals surface area contributed by atoms with Crippen LogP contribution in [0.1, 0.15) is 43.8 Å². The van der Waals surface area contributed by atoms with Crippen molar-refractivity contribution in [2.24, 2.45) is 5.10 Å². The average molecular weight is 345 g/mol. The van der Waals surface area contributed by atoms with Crippen molar-refractivity contribution < 1.29 is 13.9 Å². The molecule has 134 valence electrons. The van der Waals surface area contributed by atoms with Gasteiger partial charge in [0.2, 0.25) is 0 Å². The Hall–Kier alpha value is -2.63. The number of aromatic nitrogens is 1. The molecule has 2 aromatic rings. The molecule has 0 aliphatic heterocycles. The van der Waals surface area contributed by atoms with Crippen LogP contribution in [0.25, 0.3) is 0 Å². The number of hydrogen-bond acceptors (Lipinski definition) is 3. The SMILES string of the molecule is Cc1cc(/C=N\NC(=O)[C@H](C)Oc2ccc(F)cc2)c(C)n1C(C)C. The Labute approximate surface area is 147 Å². The van der Waals surface area contributed by atoms with Crippen molar-refractivity contribution in [3.63, 3.8) is 0 Å². The lowest BCUT2D eigenvalue weighted by Gasteiger charge is -2.13. The van der Waals surface area contributed by atoms with E-state index in [0.717, 1.165) is 17.0 Å². The summed E-state index contributed by atoms with van der Waals surface area (Å²) in [5.41, 5.74) is 5.67. The van der Waals surface area contributed by atoms with Crippen molar-refractivity contribution in [2.75, 3.05) is 0 Å². The smallest absolute Gasteiger partial charge is 0.280 e. The Morgan fingerprint density at radius 1 is 1.24 bits per heavy atom. The zero-order valence-electron chi connectivity index (χ0n) is 15.2. The second kappa shape index (κ2) is 7.96. The lowest BCUT2D eigenvalue weighted by atomic mass is 10.2. The van der Waals surface area contributed by atoms with E-state index in [2.05, 4.69) is 28.9 Å². The predicted octanol–water partition coefficient (Wildman–Crippen LogP) is 3.74. The van der Waals surface area contributed by atoms with E-state index in [9.17, 15) is 9.18 Å². The molecular formula is C19H24FN3O2. The van der Waals surface area contributed by atoms with Crippen LogP contribution in [0, 0.1) is 19.7 Å². The predicted molar refractivity (Wildman–Crippen MR) is 96.5 cm³/mol. The molecule has 0 aliphatic carbocycles. The van der Waals surface area contributed by atoms with Crippen LogP contribution in [-0.4, -0.2) is 22.8 Å². The third-order valence-corrected chi connectivity index (χ3v) is 3.91. The molecule has 25 heavy (non-hydrogen) atoms. The Bertz CT molecular complexity index is 764. The molecule has 2 rings (SSSR count). The molecule has 5 nitrogen and oxygen atoms in total. The first-order chi connectivity index (χ1) is 11.8. The van der Waals surface area contributed by atoms with Gasteiger partial charge in [-0.2, -0.15) is 5.10 Å². The number of hydrazone groups is 1. The summed E-state index contributed by atoms with van der Waals surface area (Å²) in [6.07, 6.45) is 0.884. The summed E-state index contributed by atoms with van der Waals surface area (Å²) in [7, 11) is 0. The van der Waals surface area contributed by atoms with Crippen LogP contribution in [0.15, 0.2) is 35.4 Å². The monoisotopic (exact) mass is 345 g/mol. The van der Waals surface area contributed by atoms with Gasteiger partial charge in [-0.15, -0.1) is 0 Å². The molecule has 0 fully saturated rings. The number of ether oxygens (including phenoxy) is 1. The minimum atomic E-state index is -0.745. The number of benzene rings is 1. The van der Waals surface area contributed by atoms with E-state index in [0.29, 0.717) is 11.8 Å². The molecule has 1 amide bonds. The lowest BCUT2D eigenvalue weighted by Crippen LogP contribution is -2.33. The van der Waals surface area contributed by atoms with E-state index >= 15 is 0 Å². The Kier molecular flexibility index (Phi) is 5.96. The summed E-state index contributed by atoms with van der Waals surface area (Å²) >= 11 is 0. The van der Waals surface area contributed by atoms with Crippen molar-refractivity contribution in [2.45, 2.75) is 46.8 Å². The first-order valence-corrected chi connectivity index (χ1v) is 8.23. The van der Waals surface area contributed by atoms with E-state index in [1.54, 1.807) is 13.1 Å². The quantitative estimate of drug-likeness (QED) is 0.640. The molecular weight excluding hydrogens is 321 g/mol. The van der Waals surface area contributed by atoms with Gasteiger partial charge in [-0.05, 0) is 65.0 Å². The Morgan fingerprint density at radius 2 is 1.88 bits per heavy atom. The highest BCUT2D eigenvalue weighted by Crippen LogP contribution is 2.18. The zero-order chi connectivity index (χ0) is 18.6. The van der Waals surface area contributed by atoms with Gasteiger partial charge >= 0.3 is 0 Å². The van der Waals surface area contributed by atoms with Crippen LogP contribution in [0.3, 0.4) is 0 Å². The third-order valence-electron chi connectivity index (χ3n) is 3.91. The molecule has 0 unspecified atom stereocenters. The molecule has 0 spiro atoms. The van der Waals surface area contributed by atoms with Crippen LogP contribution in [-0.2, 0) is 4.79 Å². The molecule has 1 aromatic heterocycles. The van der Waals surface area contributed by atoms with Crippen molar-refractivity contribution in [1.82, 2.24) is 9.99 Å². The van der Waals surface area contributed by atoms with Crippen LogP contribution in [0.2, 0.25) is 0 Å². The van der Waals surface area contributed by atoms with Crippen molar-refractivity contribution >= 4 is 12.1 Å². The normalized spacial score (nSPS) is 12.6. The fourth-order valence-electron chi connectivity index (χ4n) is 2.76. The van der Waals surface area contributed by atoms with E-state index in [-0.39, 0.29) is 11.7 Å². The molecule has 6 heteroatoms. The van der Waals surface area contributed by atoms with Crippen LogP contribution >= 0.6 is 0 Å². The summed E-state index contributed by atoms with van der Waals surface area (Å²) in [5.74, 6) is -0.306. The van der Waals surface area contributed by atoms with Gasteiger partial charge in [-0.1, -0.05) is 0 Å². The third kappa shape index (κ3) is 4.68. The Balaban J connectivity index is 1.96. The van der Waals surface area contributed by atoms with Gasteiger partial charge in [0, 0.05) is 23.0 Å². The van der Waals surface area contributed by atoms with E-state index < -0.39 is 6.10 Å². The highest BCUT2D eigenvalue weighted by molar-refractivity contribution is 5.85. The number of halogens is 1. The summed E-state index contributed by atoms with van der Waals surface area (Å²) in [5, 5.41) is 4.02. The molecule has 1 atom stereocenters. The van der Waals surface area contributed by atoms with Gasteiger partial charge in [0.05, 0.1) is 6.21 Å². The van der Waals surface area contributed by atoms with Gasteiger partial charge in [-0.3, -0.25) is 4.79 Å². The Morgan fingerprint density at radius 3 is 2.44 bits per heavy atom. The van der Waals surface area contributed by atoms with Crippen molar-refractivity contribution in [1.29, 1.82) is 0 Å². The summed E-state index contributed by atoms with van der Waals surface area (Å²) in [6.45, 7) is 9.92. The fourth-order valence-corrected chi connectivity index (χ4v) is 2.76. The molecule has 1 heterocycles. The number of amides is 1. The number of nitrogens with zero attached hydrogens (tertiary/aromatic N) is 2. The highest BCUT2D eigenvalue weighted by Gasteiger charge is 2.14. The van der Waals surface area contributed by atoms with Gasteiger partial charge in [0.25, 0.3) is 5.91 Å². The minimum absolute atomic E-state index is 0.354. The van der Waals surface area contributed by atoms with Gasteiger partial charge in [0.1, 0.15) is 11.6 Å². The van der Waals surface area contributed by atoms with Crippen LogP contribution in [0.5, 0.6) is 5.75 Å². The molecule has 1 N–H and O–H groups in total. The second-order valence-electron chi connectivity index (χ2n) is 6.24. The largest absolute Gasteiger partial charge is 0.481 e. The topological polar surface area (TPSA) is 55.6 Å². The molecule has 0 aliphatic rings. The molecule has 0 radical (unpaired) electrons. The van der Waals surface area contributed by atoms with E-state index in [4.69, 9.17) is 4.74 Å². The highest BCUT2D eigenvalue weighted by atomic mass is 19.1. The fraction of sp³-hybridized carbons (Fsp3) is 0.368. The number of hydrogen-bond donors (Lipinski definition) is 1. The standard InChI is InChI=1S/C19H24FN3O2/c1-12(2)23-13(3)10-16(14(23)4)11-21-22-19(24)15(5)25-18-8-6-17(20)7-9-18/h6-12,15H,1-5H3,(H,22,24)/b21-11-/t15-/m0/s1. The number of rotatable bonds is 6. The minimum Gasteiger partial charge on any atom is -0.481 e.